The van der Waals surface area contributed by atoms with Crippen molar-refractivity contribution in [2.45, 2.75) is 19.4 Å². The second-order valence-corrected chi connectivity index (χ2v) is 7.64. The maximum absolute atomic E-state index is 13.1. The third kappa shape index (κ3) is 4.91. The molecule has 0 aliphatic carbocycles. The summed E-state index contributed by atoms with van der Waals surface area (Å²) in [5, 5.41) is 5.86. The molecule has 2 atom stereocenters. The summed E-state index contributed by atoms with van der Waals surface area (Å²) in [7, 11) is 0. The van der Waals surface area contributed by atoms with Crippen molar-refractivity contribution in [2.24, 2.45) is 5.92 Å². The number of rotatable bonds is 5. The summed E-state index contributed by atoms with van der Waals surface area (Å²) in [6.45, 7) is 2.26. The second kappa shape index (κ2) is 9.00. The minimum absolute atomic E-state index is 0.0669. The Kier molecular flexibility index (Phi) is 5.98. The van der Waals surface area contributed by atoms with Crippen LogP contribution in [0, 0.1) is 11.7 Å². The van der Waals surface area contributed by atoms with Crippen LogP contribution in [-0.4, -0.2) is 18.4 Å². The SMILES string of the molecule is C[C@@H](NC(=O)[C@H]1COc2ccc(NC(=O)c3ccc(F)cc3)cc2C1)c1ccccc1. The molecule has 0 spiro atoms. The molecular weight excluding hydrogens is 395 g/mol. The van der Waals surface area contributed by atoms with Crippen LogP contribution in [0.15, 0.2) is 72.8 Å². The number of hydrogen-bond acceptors (Lipinski definition) is 3. The molecule has 158 valence electrons. The Labute approximate surface area is 180 Å². The summed E-state index contributed by atoms with van der Waals surface area (Å²) in [6.07, 6.45) is 0.517. The molecule has 0 fully saturated rings. The maximum Gasteiger partial charge on any atom is 0.255 e. The highest BCUT2D eigenvalue weighted by atomic mass is 19.1. The molecule has 1 aliphatic heterocycles. The highest BCUT2D eigenvalue weighted by Crippen LogP contribution is 2.30. The van der Waals surface area contributed by atoms with Gasteiger partial charge in [0, 0.05) is 11.3 Å². The lowest BCUT2D eigenvalue weighted by molar-refractivity contribution is -0.126. The number of amides is 2. The number of fused-ring (bicyclic) bond motifs is 1. The Morgan fingerprint density at radius 3 is 2.52 bits per heavy atom. The molecule has 31 heavy (non-hydrogen) atoms. The molecular formula is C25H23FN2O3. The summed E-state index contributed by atoms with van der Waals surface area (Å²) in [5.41, 5.74) is 2.85. The summed E-state index contributed by atoms with van der Waals surface area (Å²) in [5.74, 6) is -0.402. The number of nitrogens with one attached hydrogen (secondary N) is 2. The zero-order valence-corrected chi connectivity index (χ0v) is 17.1. The van der Waals surface area contributed by atoms with Gasteiger partial charge in [0.2, 0.25) is 5.91 Å². The highest BCUT2D eigenvalue weighted by molar-refractivity contribution is 6.04. The van der Waals surface area contributed by atoms with Crippen LogP contribution in [0.25, 0.3) is 0 Å². The number of carbonyl (C=O) groups is 2. The third-order valence-corrected chi connectivity index (χ3v) is 5.36. The van der Waals surface area contributed by atoms with E-state index in [1.807, 2.05) is 43.3 Å². The van der Waals surface area contributed by atoms with Gasteiger partial charge in [-0.05, 0) is 66.9 Å². The van der Waals surface area contributed by atoms with E-state index in [4.69, 9.17) is 4.74 Å². The van der Waals surface area contributed by atoms with Crippen molar-refractivity contribution < 1.29 is 18.7 Å². The quantitative estimate of drug-likeness (QED) is 0.641. The molecule has 0 radical (unpaired) electrons. The van der Waals surface area contributed by atoms with Crippen molar-refractivity contribution >= 4 is 17.5 Å². The van der Waals surface area contributed by atoms with E-state index in [9.17, 15) is 14.0 Å². The van der Waals surface area contributed by atoms with Crippen molar-refractivity contribution in [2.75, 3.05) is 11.9 Å². The van der Waals surface area contributed by atoms with Crippen LogP contribution >= 0.6 is 0 Å². The smallest absolute Gasteiger partial charge is 0.255 e. The van der Waals surface area contributed by atoms with Crippen LogP contribution in [0.3, 0.4) is 0 Å². The fourth-order valence-electron chi connectivity index (χ4n) is 3.60. The Balaban J connectivity index is 1.41. The number of hydrogen-bond donors (Lipinski definition) is 2. The van der Waals surface area contributed by atoms with Crippen molar-refractivity contribution in [1.29, 1.82) is 0 Å². The fraction of sp³-hybridized carbons (Fsp3) is 0.200. The van der Waals surface area contributed by atoms with Crippen LogP contribution in [0.1, 0.15) is 34.5 Å². The third-order valence-electron chi connectivity index (χ3n) is 5.36. The van der Waals surface area contributed by atoms with E-state index in [0.29, 0.717) is 30.0 Å². The molecule has 5 nitrogen and oxygen atoms in total. The number of carbonyl (C=O) groups excluding carboxylic acids is 2. The van der Waals surface area contributed by atoms with Crippen LogP contribution in [-0.2, 0) is 11.2 Å². The van der Waals surface area contributed by atoms with E-state index in [0.717, 1.165) is 11.1 Å². The number of ether oxygens (including phenoxy) is 1. The van der Waals surface area contributed by atoms with Gasteiger partial charge >= 0.3 is 0 Å². The van der Waals surface area contributed by atoms with Gasteiger partial charge in [-0.3, -0.25) is 9.59 Å². The molecule has 2 N–H and O–H groups in total. The molecule has 6 heteroatoms. The molecule has 1 heterocycles. The van der Waals surface area contributed by atoms with Gasteiger partial charge in [-0.25, -0.2) is 4.39 Å². The molecule has 0 saturated heterocycles. The standard InChI is InChI=1S/C25H23FN2O3/c1-16(17-5-3-2-4-6-17)27-25(30)20-13-19-14-22(11-12-23(19)31-15-20)28-24(29)18-7-9-21(26)10-8-18/h2-12,14,16,20H,13,15H2,1H3,(H,27,30)(H,28,29)/t16-,20-/m1/s1. The largest absolute Gasteiger partial charge is 0.492 e. The van der Waals surface area contributed by atoms with Gasteiger partial charge in [-0.15, -0.1) is 0 Å². The maximum atomic E-state index is 13.1. The molecule has 3 aromatic rings. The van der Waals surface area contributed by atoms with Crippen LogP contribution in [0.4, 0.5) is 10.1 Å². The second-order valence-electron chi connectivity index (χ2n) is 7.64. The molecule has 0 bridgehead atoms. The first-order valence-electron chi connectivity index (χ1n) is 10.2. The van der Waals surface area contributed by atoms with E-state index in [-0.39, 0.29) is 23.8 Å². The van der Waals surface area contributed by atoms with Crippen molar-refractivity contribution in [3.05, 3.63) is 95.3 Å². The van der Waals surface area contributed by atoms with Crippen LogP contribution in [0.5, 0.6) is 5.75 Å². The average Bonchev–Trinajstić information content (AvgIpc) is 2.79. The van der Waals surface area contributed by atoms with E-state index in [1.165, 1.54) is 24.3 Å². The summed E-state index contributed by atoms with van der Waals surface area (Å²) >= 11 is 0. The predicted octanol–water partition coefficient (Wildman–Crippen LogP) is 4.51. The van der Waals surface area contributed by atoms with Crippen molar-refractivity contribution in [1.82, 2.24) is 5.32 Å². The first kappa shape index (κ1) is 20.6. The minimum atomic E-state index is -0.395. The normalized spacial score (nSPS) is 15.9. The van der Waals surface area contributed by atoms with Crippen molar-refractivity contribution in [3.63, 3.8) is 0 Å². The average molecular weight is 418 g/mol. The van der Waals surface area contributed by atoms with Crippen molar-refractivity contribution in [3.8, 4) is 5.75 Å². The first-order chi connectivity index (χ1) is 15.0. The Morgan fingerprint density at radius 1 is 1.03 bits per heavy atom. The van der Waals surface area contributed by atoms with Crippen LogP contribution in [0.2, 0.25) is 0 Å². The lowest BCUT2D eigenvalue weighted by Crippen LogP contribution is -2.38. The van der Waals surface area contributed by atoms with Gasteiger partial charge in [-0.1, -0.05) is 30.3 Å². The monoisotopic (exact) mass is 418 g/mol. The van der Waals surface area contributed by atoms with E-state index >= 15 is 0 Å². The fourth-order valence-corrected chi connectivity index (χ4v) is 3.60. The van der Waals surface area contributed by atoms with E-state index < -0.39 is 5.82 Å². The molecule has 1 aliphatic rings. The van der Waals surface area contributed by atoms with Gasteiger partial charge < -0.3 is 15.4 Å². The molecule has 2 amide bonds. The molecule has 4 rings (SSSR count). The molecule has 0 saturated carbocycles. The zero-order chi connectivity index (χ0) is 21.8. The minimum Gasteiger partial charge on any atom is -0.492 e. The van der Waals surface area contributed by atoms with Gasteiger partial charge in [0.05, 0.1) is 12.0 Å². The van der Waals surface area contributed by atoms with Gasteiger partial charge in [0.15, 0.2) is 0 Å². The lowest BCUT2D eigenvalue weighted by atomic mass is 9.95. The number of halogens is 1. The van der Waals surface area contributed by atoms with E-state index in [1.54, 1.807) is 12.1 Å². The van der Waals surface area contributed by atoms with Crippen LogP contribution < -0.4 is 15.4 Å². The Hall–Kier alpha value is -3.67. The predicted molar refractivity (Wildman–Crippen MR) is 116 cm³/mol. The summed E-state index contributed by atoms with van der Waals surface area (Å²) in [6, 6.07) is 20.4. The highest BCUT2D eigenvalue weighted by Gasteiger charge is 2.27. The molecule has 0 aromatic heterocycles. The summed E-state index contributed by atoms with van der Waals surface area (Å²) in [4.78, 5) is 25.2. The Morgan fingerprint density at radius 2 is 1.77 bits per heavy atom. The van der Waals surface area contributed by atoms with Gasteiger partial charge in [0.1, 0.15) is 18.2 Å². The summed E-state index contributed by atoms with van der Waals surface area (Å²) < 4.78 is 18.9. The van der Waals surface area contributed by atoms with E-state index in [2.05, 4.69) is 10.6 Å². The topological polar surface area (TPSA) is 67.4 Å². The number of anilines is 1. The number of benzene rings is 3. The lowest BCUT2D eigenvalue weighted by Gasteiger charge is -2.26. The molecule has 3 aromatic carbocycles. The molecule has 0 unspecified atom stereocenters. The van der Waals surface area contributed by atoms with Gasteiger partial charge in [-0.2, -0.15) is 0 Å². The zero-order valence-electron chi connectivity index (χ0n) is 17.1. The Bertz CT molecular complexity index is 1080. The first-order valence-corrected chi connectivity index (χ1v) is 10.2. The van der Waals surface area contributed by atoms with Gasteiger partial charge in [0.25, 0.3) is 5.91 Å².